The molecule has 0 spiro atoms. The highest BCUT2D eigenvalue weighted by molar-refractivity contribution is 5.96. The van der Waals surface area contributed by atoms with Crippen LogP contribution < -0.4 is 16.4 Å². The lowest BCUT2D eigenvalue weighted by molar-refractivity contribution is -0.129. The number of anilines is 2. The van der Waals surface area contributed by atoms with Crippen molar-refractivity contribution in [1.29, 1.82) is 0 Å². The number of hydrogen-bond acceptors (Lipinski definition) is 8. The molecule has 10 nitrogen and oxygen atoms in total. The van der Waals surface area contributed by atoms with Crippen molar-refractivity contribution in [1.82, 2.24) is 35.2 Å². The van der Waals surface area contributed by atoms with Crippen molar-refractivity contribution in [3.05, 3.63) is 43.2 Å². The molecule has 4 heterocycles. The first-order valence-corrected chi connectivity index (χ1v) is 9.68. The normalized spacial score (nSPS) is 12.6. The predicted molar refractivity (Wildman–Crippen MR) is 115 cm³/mol. The maximum Gasteiger partial charge on any atom is 0.401 e. The number of aromatic amines is 1. The van der Waals surface area contributed by atoms with E-state index in [2.05, 4.69) is 40.5 Å². The van der Waals surface area contributed by atoms with Gasteiger partial charge in [0, 0.05) is 46.9 Å². The zero-order valence-corrected chi connectivity index (χ0v) is 17.2. The fourth-order valence-corrected chi connectivity index (χ4v) is 3.01. The summed E-state index contributed by atoms with van der Waals surface area (Å²) in [6, 6.07) is 0.790. The van der Waals surface area contributed by atoms with E-state index in [1.54, 1.807) is 24.8 Å². The Morgan fingerprint density at radius 1 is 1.12 bits per heavy atom. The summed E-state index contributed by atoms with van der Waals surface area (Å²) in [5, 5.41) is 5.33. The van der Waals surface area contributed by atoms with Crippen LogP contribution in [0.4, 0.5) is 24.9 Å². The molecular weight excluding hydrogens is 439 g/mol. The molecule has 4 aromatic rings. The Balaban J connectivity index is 1.58. The van der Waals surface area contributed by atoms with E-state index in [0.717, 1.165) is 16.5 Å². The maximum atomic E-state index is 12.4. The van der Waals surface area contributed by atoms with Crippen LogP contribution in [-0.2, 0) is 4.79 Å². The van der Waals surface area contributed by atoms with Crippen LogP contribution in [0.25, 0.3) is 33.4 Å². The number of rotatable bonds is 6. The molecule has 5 N–H and O–H groups in total. The highest BCUT2D eigenvalue weighted by Crippen LogP contribution is 2.30. The number of carbonyl (C=O) groups excluding carboxylic acids is 1. The number of pyridine rings is 1. The van der Waals surface area contributed by atoms with Gasteiger partial charge in [-0.1, -0.05) is 0 Å². The number of nitrogen functional groups attached to an aromatic ring is 1. The van der Waals surface area contributed by atoms with E-state index in [9.17, 15) is 18.0 Å². The van der Waals surface area contributed by atoms with Gasteiger partial charge in [-0.2, -0.15) is 13.2 Å². The Kier molecular flexibility index (Phi) is 5.87. The van der Waals surface area contributed by atoms with E-state index < -0.39 is 24.7 Å². The average molecular weight is 457 g/mol. The standard InChI is InChI=1S/C20H18F3N9O/c1-10(30-9-20(21,22)23)18(33)32-16-8-25-7-15(31-16)14-6-27-17-13(14)2-11(3-26-17)12-4-28-19(24)29-5-12/h2-8,10,30H,9H2,1H3,(H,26,27)(H2,24,28,29)(H,31,32,33)/t10-/m1/s1. The van der Waals surface area contributed by atoms with Crippen molar-refractivity contribution in [2.75, 3.05) is 17.6 Å². The third-order valence-corrected chi connectivity index (χ3v) is 4.70. The van der Waals surface area contributed by atoms with E-state index >= 15 is 0 Å². The number of carbonyl (C=O) groups is 1. The van der Waals surface area contributed by atoms with Gasteiger partial charge in [0.1, 0.15) is 5.65 Å². The van der Waals surface area contributed by atoms with Gasteiger partial charge in [-0.15, -0.1) is 0 Å². The fourth-order valence-electron chi connectivity index (χ4n) is 3.01. The smallest absolute Gasteiger partial charge is 0.368 e. The first-order chi connectivity index (χ1) is 15.7. The van der Waals surface area contributed by atoms with Gasteiger partial charge in [0.15, 0.2) is 5.82 Å². The molecule has 0 saturated heterocycles. The Labute approximate surface area is 184 Å². The fraction of sp³-hybridized carbons (Fsp3) is 0.200. The van der Waals surface area contributed by atoms with Crippen LogP contribution >= 0.6 is 0 Å². The summed E-state index contributed by atoms with van der Waals surface area (Å²) in [5.74, 6) is -0.410. The van der Waals surface area contributed by atoms with Gasteiger partial charge in [0.05, 0.1) is 30.7 Å². The van der Waals surface area contributed by atoms with E-state index in [1.807, 2.05) is 6.07 Å². The second kappa shape index (κ2) is 8.78. The van der Waals surface area contributed by atoms with E-state index in [-0.39, 0.29) is 11.8 Å². The van der Waals surface area contributed by atoms with E-state index in [0.29, 0.717) is 16.9 Å². The molecule has 0 saturated carbocycles. The van der Waals surface area contributed by atoms with Crippen molar-refractivity contribution in [2.24, 2.45) is 0 Å². The molecule has 170 valence electrons. The van der Waals surface area contributed by atoms with Crippen molar-refractivity contribution < 1.29 is 18.0 Å². The van der Waals surface area contributed by atoms with Crippen LogP contribution in [0, 0.1) is 0 Å². The summed E-state index contributed by atoms with van der Waals surface area (Å²) < 4.78 is 37.1. The van der Waals surface area contributed by atoms with Crippen LogP contribution in [0.1, 0.15) is 6.92 Å². The van der Waals surface area contributed by atoms with Crippen LogP contribution in [0.2, 0.25) is 0 Å². The van der Waals surface area contributed by atoms with E-state index in [4.69, 9.17) is 5.73 Å². The number of nitrogens with two attached hydrogens (primary N) is 1. The molecule has 33 heavy (non-hydrogen) atoms. The second-order valence-corrected chi connectivity index (χ2v) is 7.15. The van der Waals surface area contributed by atoms with Crippen LogP contribution in [0.5, 0.6) is 0 Å². The Morgan fingerprint density at radius 3 is 2.58 bits per heavy atom. The van der Waals surface area contributed by atoms with Crippen molar-refractivity contribution in [3.8, 4) is 22.4 Å². The molecule has 0 aliphatic rings. The maximum absolute atomic E-state index is 12.4. The highest BCUT2D eigenvalue weighted by atomic mass is 19.4. The lowest BCUT2D eigenvalue weighted by Gasteiger charge is -2.15. The van der Waals surface area contributed by atoms with Gasteiger partial charge in [-0.25, -0.2) is 19.9 Å². The lowest BCUT2D eigenvalue weighted by Crippen LogP contribution is -2.42. The summed E-state index contributed by atoms with van der Waals surface area (Å²) in [5.41, 5.74) is 8.72. The van der Waals surface area contributed by atoms with Gasteiger partial charge < -0.3 is 16.0 Å². The highest BCUT2D eigenvalue weighted by Gasteiger charge is 2.28. The predicted octanol–water partition coefficient (Wildman–Crippen LogP) is 2.54. The number of nitrogens with one attached hydrogen (secondary N) is 3. The number of alkyl halides is 3. The third kappa shape index (κ3) is 5.20. The number of H-pyrrole nitrogens is 1. The molecule has 1 amide bonds. The van der Waals surface area contributed by atoms with Gasteiger partial charge in [0.25, 0.3) is 0 Å². The Hall–Kier alpha value is -4.13. The topological polar surface area (TPSA) is 147 Å². The first-order valence-electron chi connectivity index (χ1n) is 9.68. The Morgan fingerprint density at radius 2 is 1.85 bits per heavy atom. The molecule has 0 radical (unpaired) electrons. The summed E-state index contributed by atoms with van der Waals surface area (Å²) in [7, 11) is 0. The minimum atomic E-state index is -4.42. The molecule has 0 fully saturated rings. The number of nitrogens with zero attached hydrogens (tertiary/aromatic N) is 5. The number of hydrogen-bond donors (Lipinski definition) is 4. The van der Waals surface area contributed by atoms with Crippen molar-refractivity contribution >= 4 is 28.7 Å². The van der Waals surface area contributed by atoms with Crippen LogP contribution in [0.3, 0.4) is 0 Å². The zero-order chi connectivity index (χ0) is 23.6. The summed E-state index contributed by atoms with van der Waals surface area (Å²) in [6.45, 7) is 0.0448. The largest absolute Gasteiger partial charge is 0.401 e. The van der Waals surface area contributed by atoms with Crippen molar-refractivity contribution in [2.45, 2.75) is 19.1 Å². The first kappa shape index (κ1) is 22.1. The van der Waals surface area contributed by atoms with Gasteiger partial charge in [-0.3, -0.25) is 15.1 Å². The van der Waals surface area contributed by atoms with Crippen molar-refractivity contribution in [3.63, 3.8) is 0 Å². The Bertz CT molecular complexity index is 1290. The van der Waals surface area contributed by atoms with Gasteiger partial charge >= 0.3 is 6.18 Å². The molecule has 4 aromatic heterocycles. The van der Waals surface area contributed by atoms with Crippen LogP contribution in [-0.4, -0.2) is 54.6 Å². The molecule has 0 aliphatic heterocycles. The molecule has 13 heteroatoms. The quantitative estimate of drug-likeness (QED) is 0.345. The molecule has 0 unspecified atom stereocenters. The average Bonchev–Trinajstić information content (AvgIpc) is 3.21. The second-order valence-electron chi connectivity index (χ2n) is 7.15. The number of halogens is 3. The number of fused-ring (bicyclic) bond motifs is 1. The molecule has 0 bridgehead atoms. The number of amides is 1. The monoisotopic (exact) mass is 457 g/mol. The van der Waals surface area contributed by atoms with Crippen LogP contribution in [0.15, 0.2) is 43.2 Å². The number of aromatic nitrogens is 6. The molecular formula is C20H18F3N9O. The molecule has 1 atom stereocenters. The molecule has 0 aromatic carbocycles. The minimum Gasteiger partial charge on any atom is -0.368 e. The van der Waals surface area contributed by atoms with E-state index in [1.165, 1.54) is 19.3 Å². The minimum absolute atomic E-state index is 0.101. The van der Waals surface area contributed by atoms with Gasteiger partial charge in [-0.05, 0) is 13.0 Å². The SMILES string of the molecule is C[C@@H](NCC(F)(F)F)C(=O)Nc1cncc(-c2c[nH]c3ncc(-c4cnc(N)nc4)cc23)n1. The van der Waals surface area contributed by atoms with Gasteiger partial charge in [0.2, 0.25) is 11.9 Å². The summed E-state index contributed by atoms with van der Waals surface area (Å²) in [6.07, 6.45) is 4.92. The zero-order valence-electron chi connectivity index (χ0n) is 17.2. The molecule has 0 aliphatic carbocycles. The lowest BCUT2D eigenvalue weighted by atomic mass is 10.1. The third-order valence-electron chi connectivity index (χ3n) is 4.70. The summed E-state index contributed by atoms with van der Waals surface area (Å²) in [4.78, 5) is 36.1. The summed E-state index contributed by atoms with van der Waals surface area (Å²) >= 11 is 0. The molecule has 4 rings (SSSR count).